The highest BCUT2D eigenvalue weighted by Gasteiger charge is 2.23. The number of rotatable bonds is 6. The summed E-state index contributed by atoms with van der Waals surface area (Å²) < 4.78 is 5.45. The Balaban J connectivity index is 2.30. The van der Waals surface area contributed by atoms with Gasteiger partial charge in [-0.05, 0) is 26.1 Å². The summed E-state index contributed by atoms with van der Waals surface area (Å²) in [4.78, 5) is 10.5. The molecule has 2 aromatic rings. The lowest BCUT2D eigenvalue weighted by atomic mass is 10.2. The second-order valence-corrected chi connectivity index (χ2v) is 4.51. The number of aromatic nitrogens is 2. The quantitative estimate of drug-likeness (QED) is 0.500. The molecular weight excluding hydrogens is 284 g/mol. The SMILES string of the molecule is CNCCCc1nnc(-c2c(Cl)cccc2[N+](=O)[O-])o1. The Morgan fingerprint density at radius 2 is 2.25 bits per heavy atom. The first-order chi connectivity index (χ1) is 9.63. The Labute approximate surface area is 120 Å². The number of nitro groups is 1. The van der Waals surface area contributed by atoms with Gasteiger partial charge in [0.05, 0.1) is 9.95 Å². The van der Waals surface area contributed by atoms with Crippen molar-refractivity contribution in [3.63, 3.8) is 0 Å². The Morgan fingerprint density at radius 3 is 2.95 bits per heavy atom. The van der Waals surface area contributed by atoms with Gasteiger partial charge in [-0.3, -0.25) is 10.1 Å². The van der Waals surface area contributed by atoms with E-state index in [2.05, 4.69) is 15.5 Å². The van der Waals surface area contributed by atoms with Crippen molar-refractivity contribution in [2.75, 3.05) is 13.6 Å². The summed E-state index contributed by atoms with van der Waals surface area (Å²) in [6.07, 6.45) is 1.44. The third-order valence-corrected chi connectivity index (χ3v) is 3.00. The third-order valence-electron chi connectivity index (χ3n) is 2.69. The number of halogens is 1. The highest BCUT2D eigenvalue weighted by Crippen LogP contribution is 2.35. The molecule has 0 spiro atoms. The molecule has 8 heteroatoms. The van der Waals surface area contributed by atoms with Crippen molar-refractivity contribution in [2.24, 2.45) is 0 Å². The second-order valence-electron chi connectivity index (χ2n) is 4.10. The van der Waals surface area contributed by atoms with E-state index in [1.54, 1.807) is 6.07 Å². The van der Waals surface area contributed by atoms with Gasteiger partial charge in [-0.15, -0.1) is 10.2 Å². The molecule has 2 rings (SSSR count). The van der Waals surface area contributed by atoms with Gasteiger partial charge in [-0.1, -0.05) is 17.7 Å². The lowest BCUT2D eigenvalue weighted by Gasteiger charge is -2.00. The first kappa shape index (κ1) is 14.4. The lowest BCUT2D eigenvalue weighted by molar-refractivity contribution is -0.384. The smallest absolute Gasteiger partial charge is 0.283 e. The van der Waals surface area contributed by atoms with E-state index < -0.39 is 4.92 Å². The average Bonchev–Trinajstić information content (AvgIpc) is 2.87. The molecule has 20 heavy (non-hydrogen) atoms. The second kappa shape index (κ2) is 6.44. The molecule has 7 nitrogen and oxygen atoms in total. The predicted molar refractivity (Wildman–Crippen MR) is 73.6 cm³/mol. The summed E-state index contributed by atoms with van der Waals surface area (Å²) in [5.41, 5.74) is 0.00876. The van der Waals surface area contributed by atoms with Crippen LogP contribution in [0.3, 0.4) is 0 Å². The Hall–Kier alpha value is -1.99. The van der Waals surface area contributed by atoms with Crippen LogP contribution in [0.25, 0.3) is 11.5 Å². The highest BCUT2D eigenvalue weighted by molar-refractivity contribution is 6.33. The van der Waals surface area contributed by atoms with Crippen LogP contribution in [0.15, 0.2) is 22.6 Å². The molecule has 0 aliphatic carbocycles. The fraction of sp³-hybridized carbons (Fsp3) is 0.333. The third kappa shape index (κ3) is 3.12. The molecule has 0 amide bonds. The summed E-state index contributed by atoms with van der Waals surface area (Å²) >= 11 is 6.00. The summed E-state index contributed by atoms with van der Waals surface area (Å²) in [6, 6.07) is 4.41. The van der Waals surface area contributed by atoms with Crippen LogP contribution in [0.4, 0.5) is 5.69 Å². The maximum absolute atomic E-state index is 11.0. The van der Waals surface area contributed by atoms with E-state index in [4.69, 9.17) is 16.0 Å². The van der Waals surface area contributed by atoms with E-state index in [0.29, 0.717) is 12.3 Å². The van der Waals surface area contributed by atoms with Crippen LogP contribution < -0.4 is 5.32 Å². The van der Waals surface area contributed by atoms with Gasteiger partial charge in [0, 0.05) is 12.5 Å². The van der Waals surface area contributed by atoms with Crippen LogP contribution in [0.1, 0.15) is 12.3 Å². The first-order valence-corrected chi connectivity index (χ1v) is 6.41. The Morgan fingerprint density at radius 1 is 1.45 bits per heavy atom. The first-order valence-electron chi connectivity index (χ1n) is 6.03. The van der Waals surface area contributed by atoms with E-state index in [-0.39, 0.29) is 22.2 Å². The summed E-state index contributed by atoms with van der Waals surface area (Å²) in [7, 11) is 1.85. The summed E-state index contributed by atoms with van der Waals surface area (Å²) in [5.74, 6) is 0.506. The molecule has 1 aromatic heterocycles. The monoisotopic (exact) mass is 296 g/mol. The van der Waals surface area contributed by atoms with Crippen molar-refractivity contribution in [3.05, 3.63) is 39.2 Å². The van der Waals surface area contributed by atoms with E-state index in [9.17, 15) is 10.1 Å². The molecule has 0 bridgehead atoms. The van der Waals surface area contributed by atoms with Crippen LogP contribution in [-0.4, -0.2) is 28.7 Å². The maximum atomic E-state index is 11.0. The minimum atomic E-state index is -0.522. The van der Waals surface area contributed by atoms with Gasteiger partial charge in [0.15, 0.2) is 0 Å². The fourth-order valence-electron chi connectivity index (χ4n) is 1.75. The molecule has 0 aliphatic heterocycles. The van der Waals surface area contributed by atoms with Gasteiger partial charge >= 0.3 is 0 Å². The standard InChI is InChI=1S/C12H13ClN4O3/c1-14-7-3-6-10-15-16-12(20-10)11-8(13)4-2-5-9(11)17(18)19/h2,4-5,14H,3,6-7H2,1H3. The zero-order valence-corrected chi connectivity index (χ0v) is 11.6. The molecular formula is C12H13ClN4O3. The molecule has 106 valence electrons. The zero-order chi connectivity index (χ0) is 14.5. The topological polar surface area (TPSA) is 94.1 Å². The lowest BCUT2D eigenvalue weighted by Crippen LogP contribution is -2.08. The Kier molecular flexibility index (Phi) is 4.65. The van der Waals surface area contributed by atoms with Crippen molar-refractivity contribution in [2.45, 2.75) is 12.8 Å². The molecule has 1 aromatic carbocycles. The van der Waals surface area contributed by atoms with Gasteiger partial charge in [0.1, 0.15) is 5.56 Å². The van der Waals surface area contributed by atoms with Gasteiger partial charge in [0.25, 0.3) is 11.6 Å². The molecule has 0 radical (unpaired) electrons. The fourth-order valence-corrected chi connectivity index (χ4v) is 2.00. The number of hydrogen-bond acceptors (Lipinski definition) is 6. The number of hydrogen-bond donors (Lipinski definition) is 1. The highest BCUT2D eigenvalue weighted by atomic mass is 35.5. The van der Waals surface area contributed by atoms with Crippen LogP contribution in [0.2, 0.25) is 5.02 Å². The van der Waals surface area contributed by atoms with Crippen molar-refractivity contribution >= 4 is 17.3 Å². The molecule has 1 heterocycles. The number of nitrogens with zero attached hydrogens (tertiary/aromatic N) is 3. The zero-order valence-electron chi connectivity index (χ0n) is 10.8. The van der Waals surface area contributed by atoms with Crippen molar-refractivity contribution in [1.82, 2.24) is 15.5 Å². The molecule has 0 unspecified atom stereocenters. The molecule has 0 aliphatic rings. The van der Waals surface area contributed by atoms with E-state index in [1.807, 2.05) is 7.05 Å². The van der Waals surface area contributed by atoms with Gasteiger partial charge in [0.2, 0.25) is 5.89 Å². The van der Waals surface area contributed by atoms with E-state index in [0.717, 1.165) is 13.0 Å². The molecule has 0 atom stereocenters. The normalized spacial score (nSPS) is 10.7. The van der Waals surface area contributed by atoms with Crippen LogP contribution in [0.5, 0.6) is 0 Å². The van der Waals surface area contributed by atoms with Crippen LogP contribution in [0, 0.1) is 10.1 Å². The minimum absolute atomic E-state index is 0.0711. The number of nitrogens with one attached hydrogen (secondary N) is 1. The van der Waals surface area contributed by atoms with Gasteiger partial charge in [-0.2, -0.15) is 0 Å². The number of aryl methyl sites for hydroxylation is 1. The van der Waals surface area contributed by atoms with Crippen molar-refractivity contribution < 1.29 is 9.34 Å². The molecule has 0 fully saturated rings. The largest absolute Gasteiger partial charge is 0.420 e. The van der Waals surface area contributed by atoms with Gasteiger partial charge in [-0.25, -0.2) is 0 Å². The summed E-state index contributed by atoms with van der Waals surface area (Å²) in [6.45, 7) is 0.823. The number of benzene rings is 1. The Bertz CT molecular complexity index is 614. The molecule has 0 saturated heterocycles. The molecule has 1 N–H and O–H groups in total. The van der Waals surface area contributed by atoms with Crippen LogP contribution in [-0.2, 0) is 6.42 Å². The van der Waals surface area contributed by atoms with E-state index >= 15 is 0 Å². The average molecular weight is 297 g/mol. The molecule has 0 saturated carbocycles. The van der Waals surface area contributed by atoms with Crippen LogP contribution >= 0.6 is 11.6 Å². The minimum Gasteiger partial charge on any atom is -0.420 e. The van der Waals surface area contributed by atoms with Crippen molar-refractivity contribution in [1.29, 1.82) is 0 Å². The number of nitro benzene ring substituents is 1. The van der Waals surface area contributed by atoms with Gasteiger partial charge < -0.3 is 9.73 Å². The van der Waals surface area contributed by atoms with Crippen molar-refractivity contribution in [3.8, 4) is 11.5 Å². The maximum Gasteiger partial charge on any atom is 0.283 e. The van der Waals surface area contributed by atoms with E-state index in [1.165, 1.54) is 12.1 Å². The predicted octanol–water partition coefficient (Wildman–Crippen LogP) is 2.45. The summed E-state index contributed by atoms with van der Waals surface area (Å²) in [5, 5.41) is 22.0.